The van der Waals surface area contributed by atoms with Crippen molar-refractivity contribution in [3.63, 3.8) is 0 Å². The Kier molecular flexibility index (Phi) is 4.46. The summed E-state index contributed by atoms with van der Waals surface area (Å²) >= 11 is 0. The molecule has 0 aliphatic carbocycles. The summed E-state index contributed by atoms with van der Waals surface area (Å²) in [6, 6.07) is 0. The molecule has 1 aliphatic rings. The van der Waals surface area contributed by atoms with E-state index in [2.05, 4.69) is 5.29 Å². The quantitative estimate of drug-likeness (QED) is 0.531. The Labute approximate surface area is 89.7 Å². The smallest absolute Gasteiger partial charge is 0.264 e. The lowest BCUT2D eigenvalue weighted by atomic mass is 10.0. The zero-order chi connectivity index (χ0) is 11.3. The van der Waals surface area contributed by atoms with E-state index in [0.29, 0.717) is 13.1 Å². The molecule has 0 radical (unpaired) electrons. The van der Waals surface area contributed by atoms with Gasteiger partial charge in [-0.05, 0) is 25.2 Å². The Morgan fingerprint density at radius 3 is 2.73 bits per heavy atom. The molecule has 0 spiro atoms. The molecule has 0 saturated carbocycles. The van der Waals surface area contributed by atoms with E-state index in [1.54, 1.807) is 0 Å². The molecule has 1 saturated heterocycles. The van der Waals surface area contributed by atoms with Crippen LogP contribution >= 0.6 is 0 Å². The van der Waals surface area contributed by atoms with Gasteiger partial charge in [0.25, 0.3) is 10.1 Å². The number of hydrogen-bond donors (Lipinski definition) is 0. The molecule has 88 valence electrons. The SMILES string of the molecule is CS(=O)(=O)OCC1CCCN(N=O)CC1. The highest BCUT2D eigenvalue weighted by atomic mass is 32.2. The second-order valence-corrected chi connectivity index (χ2v) is 5.46. The van der Waals surface area contributed by atoms with E-state index in [4.69, 9.17) is 4.18 Å². The fraction of sp³-hybridized carbons (Fsp3) is 1.00. The Hall–Kier alpha value is -0.690. The van der Waals surface area contributed by atoms with Crippen molar-refractivity contribution in [2.45, 2.75) is 19.3 Å². The van der Waals surface area contributed by atoms with Gasteiger partial charge in [-0.15, -0.1) is 4.91 Å². The number of nitroso groups, excluding NO2 is 1. The van der Waals surface area contributed by atoms with Gasteiger partial charge in [-0.1, -0.05) is 0 Å². The van der Waals surface area contributed by atoms with Crippen molar-refractivity contribution in [2.24, 2.45) is 11.2 Å². The van der Waals surface area contributed by atoms with Crippen molar-refractivity contribution in [3.05, 3.63) is 4.91 Å². The van der Waals surface area contributed by atoms with Crippen molar-refractivity contribution in [1.29, 1.82) is 0 Å². The third-order valence-electron chi connectivity index (χ3n) is 2.46. The molecular formula is C8H16N2O4S. The molecule has 6 nitrogen and oxygen atoms in total. The molecule has 1 heterocycles. The highest BCUT2D eigenvalue weighted by Crippen LogP contribution is 2.18. The van der Waals surface area contributed by atoms with Crippen LogP contribution in [0.2, 0.25) is 0 Å². The molecule has 0 bridgehead atoms. The Bertz CT molecular complexity index is 304. The van der Waals surface area contributed by atoms with Crippen LogP contribution in [-0.4, -0.2) is 39.4 Å². The van der Waals surface area contributed by atoms with Crippen molar-refractivity contribution < 1.29 is 12.6 Å². The molecule has 1 aliphatic heterocycles. The molecule has 1 rings (SSSR count). The van der Waals surface area contributed by atoms with E-state index in [0.717, 1.165) is 25.5 Å². The zero-order valence-corrected chi connectivity index (χ0v) is 9.57. The van der Waals surface area contributed by atoms with Gasteiger partial charge in [0, 0.05) is 13.1 Å². The fourth-order valence-corrected chi connectivity index (χ4v) is 2.06. The summed E-state index contributed by atoms with van der Waals surface area (Å²) in [6.45, 7) is 1.45. The third-order valence-corrected chi connectivity index (χ3v) is 3.02. The van der Waals surface area contributed by atoms with Crippen molar-refractivity contribution >= 4 is 10.1 Å². The molecule has 7 heteroatoms. The Morgan fingerprint density at radius 1 is 1.40 bits per heavy atom. The highest BCUT2D eigenvalue weighted by molar-refractivity contribution is 7.85. The van der Waals surface area contributed by atoms with Crippen LogP contribution in [0.1, 0.15) is 19.3 Å². The molecule has 0 amide bonds. The van der Waals surface area contributed by atoms with Crippen LogP contribution in [0.3, 0.4) is 0 Å². The first-order valence-electron chi connectivity index (χ1n) is 4.94. The monoisotopic (exact) mass is 236 g/mol. The van der Waals surface area contributed by atoms with Crippen molar-refractivity contribution in [1.82, 2.24) is 5.01 Å². The molecule has 0 N–H and O–H groups in total. The second kappa shape index (κ2) is 5.41. The van der Waals surface area contributed by atoms with Crippen LogP contribution in [0.5, 0.6) is 0 Å². The summed E-state index contributed by atoms with van der Waals surface area (Å²) in [5, 5.41) is 4.35. The maximum absolute atomic E-state index is 10.8. The average molecular weight is 236 g/mol. The maximum Gasteiger partial charge on any atom is 0.264 e. The largest absolute Gasteiger partial charge is 0.270 e. The Morgan fingerprint density at radius 2 is 2.13 bits per heavy atom. The third kappa shape index (κ3) is 5.08. The van der Waals surface area contributed by atoms with Gasteiger partial charge in [0.1, 0.15) is 0 Å². The summed E-state index contributed by atoms with van der Waals surface area (Å²) in [7, 11) is -3.35. The van der Waals surface area contributed by atoms with E-state index >= 15 is 0 Å². The van der Waals surface area contributed by atoms with Crippen LogP contribution in [0.15, 0.2) is 5.29 Å². The summed E-state index contributed by atoms with van der Waals surface area (Å²) in [5.74, 6) is 0.200. The van der Waals surface area contributed by atoms with E-state index in [9.17, 15) is 13.3 Å². The van der Waals surface area contributed by atoms with Crippen LogP contribution in [0.4, 0.5) is 0 Å². The molecule has 1 unspecified atom stereocenters. The molecule has 0 aromatic heterocycles. The zero-order valence-electron chi connectivity index (χ0n) is 8.76. The normalized spacial score (nSPS) is 23.5. The number of rotatable bonds is 4. The minimum absolute atomic E-state index is 0.200. The van der Waals surface area contributed by atoms with E-state index < -0.39 is 10.1 Å². The number of hydrogen-bond acceptors (Lipinski definition) is 5. The fourth-order valence-electron chi connectivity index (χ4n) is 1.62. The van der Waals surface area contributed by atoms with Gasteiger partial charge < -0.3 is 0 Å². The minimum atomic E-state index is -3.35. The highest BCUT2D eigenvalue weighted by Gasteiger charge is 2.18. The summed E-state index contributed by atoms with van der Waals surface area (Å²) in [6.07, 6.45) is 3.52. The van der Waals surface area contributed by atoms with Gasteiger partial charge in [0.15, 0.2) is 0 Å². The van der Waals surface area contributed by atoms with E-state index in [-0.39, 0.29) is 12.5 Å². The van der Waals surface area contributed by atoms with Crippen molar-refractivity contribution in [2.75, 3.05) is 26.0 Å². The standard InChI is InChI=1S/C8H16N2O4S/c1-15(12,13)14-7-8-3-2-5-10(9-11)6-4-8/h8H,2-7H2,1H3. The van der Waals surface area contributed by atoms with Gasteiger partial charge in [0.2, 0.25) is 0 Å². The predicted octanol–water partition coefficient (Wildman–Crippen LogP) is 0.746. The summed E-state index contributed by atoms with van der Waals surface area (Å²) < 4.78 is 26.3. The number of nitrogens with zero attached hydrogens (tertiary/aromatic N) is 2. The molecule has 1 fully saturated rings. The first-order valence-corrected chi connectivity index (χ1v) is 6.75. The topological polar surface area (TPSA) is 76.0 Å². The molecule has 15 heavy (non-hydrogen) atoms. The van der Waals surface area contributed by atoms with Gasteiger partial charge in [0.05, 0.1) is 18.1 Å². The summed E-state index contributed by atoms with van der Waals surface area (Å²) in [5.41, 5.74) is 0. The molecule has 0 aromatic rings. The van der Waals surface area contributed by atoms with E-state index in [1.165, 1.54) is 5.01 Å². The predicted molar refractivity (Wildman–Crippen MR) is 55.5 cm³/mol. The van der Waals surface area contributed by atoms with E-state index in [1.807, 2.05) is 0 Å². The van der Waals surface area contributed by atoms with Crippen LogP contribution in [0.25, 0.3) is 0 Å². The molecular weight excluding hydrogens is 220 g/mol. The molecule has 1 atom stereocenters. The van der Waals surface area contributed by atoms with Gasteiger partial charge in [-0.2, -0.15) is 8.42 Å². The first kappa shape index (κ1) is 12.4. The molecule has 0 aromatic carbocycles. The summed E-state index contributed by atoms with van der Waals surface area (Å²) in [4.78, 5) is 10.3. The average Bonchev–Trinajstić information content (AvgIpc) is 2.38. The van der Waals surface area contributed by atoms with Crippen LogP contribution in [0, 0.1) is 10.8 Å². The lowest BCUT2D eigenvalue weighted by Crippen LogP contribution is -2.18. The van der Waals surface area contributed by atoms with Crippen molar-refractivity contribution in [3.8, 4) is 0 Å². The van der Waals surface area contributed by atoms with Crippen LogP contribution in [-0.2, 0) is 14.3 Å². The van der Waals surface area contributed by atoms with Crippen LogP contribution < -0.4 is 0 Å². The maximum atomic E-state index is 10.8. The van der Waals surface area contributed by atoms with Gasteiger partial charge in [-0.3, -0.25) is 9.19 Å². The Balaban J connectivity index is 2.34. The minimum Gasteiger partial charge on any atom is -0.270 e. The van der Waals surface area contributed by atoms with Gasteiger partial charge in [-0.25, -0.2) is 0 Å². The van der Waals surface area contributed by atoms with Gasteiger partial charge >= 0.3 is 0 Å². The lowest BCUT2D eigenvalue weighted by Gasteiger charge is -2.13. The second-order valence-electron chi connectivity index (χ2n) is 3.82. The first-order chi connectivity index (χ1) is 7.01. The lowest BCUT2D eigenvalue weighted by molar-refractivity contribution is 0.234.